The number of carboxylic acids is 1. The first kappa shape index (κ1) is 28.9. The van der Waals surface area contributed by atoms with Crippen LogP contribution in [0.1, 0.15) is 73.4 Å². The van der Waals surface area contributed by atoms with Crippen LogP contribution < -0.4 is 10.6 Å². The molecular formula is C35H37N3O4. The van der Waals surface area contributed by atoms with E-state index in [4.69, 9.17) is 5.11 Å². The highest BCUT2D eigenvalue weighted by molar-refractivity contribution is 6.05. The van der Waals surface area contributed by atoms with Crippen molar-refractivity contribution >= 4 is 40.4 Å². The lowest BCUT2D eigenvalue weighted by Crippen LogP contribution is -2.52. The Balaban J connectivity index is 1.38. The minimum absolute atomic E-state index is 0.326. The third kappa shape index (κ3) is 6.15. The van der Waals surface area contributed by atoms with Crippen LogP contribution in [0.4, 0.5) is 5.69 Å². The second-order valence-corrected chi connectivity index (χ2v) is 11.6. The zero-order valence-corrected chi connectivity index (χ0v) is 24.3. The van der Waals surface area contributed by atoms with E-state index in [2.05, 4.69) is 52.6 Å². The van der Waals surface area contributed by atoms with E-state index in [1.54, 1.807) is 38.1 Å². The Morgan fingerprint density at radius 3 is 2.29 bits per heavy atom. The number of amides is 2. The van der Waals surface area contributed by atoms with E-state index in [0.717, 1.165) is 11.6 Å². The van der Waals surface area contributed by atoms with E-state index in [1.807, 2.05) is 18.2 Å². The molecular weight excluding hydrogens is 526 g/mol. The van der Waals surface area contributed by atoms with Crippen molar-refractivity contribution in [2.75, 3.05) is 5.32 Å². The molecule has 1 fully saturated rings. The molecule has 3 N–H and O–H groups in total. The van der Waals surface area contributed by atoms with Gasteiger partial charge in [-0.05, 0) is 79.6 Å². The number of nitrogens with zero attached hydrogens (tertiary/aromatic N) is 1. The van der Waals surface area contributed by atoms with Gasteiger partial charge in [0.25, 0.3) is 5.91 Å². The molecule has 1 heterocycles. The zero-order valence-electron chi connectivity index (χ0n) is 24.3. The molecule has 0 unspecified atom stereocenters. The summed E-state index contributed by atoms with van der Waals surface area (Å²) in [6, 6.07) is 23.1. The Labute approximate surface area is 246 Å². The summed E-state index contributed by atoms with van der Waals surface area (Å²) >= 11 is 0. The number of anilines is 1. The first-order valence-corrected chi connectivity index (χ1v) is 14.5. The Bertz CT molecular complexity index is 1640. The number of aryl methyl sites for hydroxylation is 1. The fraction of sp³-hybridized carbons (Fsp3) is 0.286. The summed E-state index contributed by atoms with van der Waals surface area (Å²) in [7, 11) is 2.07. The van der Waals surface area contributed by atoms with Gasteiger partial charge in [-0.2, -0.15) is 0 Å². The number of hydrogen-bond donors (Lipinski definition) is 3. The molecule has 0 aliphatic heterocycles. The first-order chi connectivity index (χ1) is 20.1. The van der Waals surface area contributed by atoms with Crippen LogP contribution in [0.5, 0.6) is 0 Å². The van der Waals surface area contributed by atoms with Crippen molar-refractivity contribution in [3.8, 4) is 11.3 Å². The lowest BCUT2D eigenvalue weighted by atomic mass is 9.82. The number of hydrogen-bond acceptors (Lipinski definition) is 3. The highest BCUT2D eigenvalue weighted by atomic mass is 16.4. The molecule has 7 nitrogen and oxygen atoms in total. The molecule has 0 saturated heterocycles. The van der Waals surface area contributed by atoms with Crippen LogP contribution in [0.2, 0.25) is 0 Å². The standard InChI is InChI=1S/C35H37N3O4/c1-35(2,34(42)36-27-18-14-23(15-19-27)16-21-30(39)40)37-33(41)26-17-20-28-29(22-26)38(3)32(25-12-8-5-9-13-25)31(28)24-10-6-4-7-11-24/h5,8-9,12-22,24H,4,6-7,10-11H2,1-3H3,(H,36,42)(H,37,41)(H,39,40)/b21-16+. The predicted molar refractivity (Wildman–Crippen MR) is 167 cm³/mol. The molecule has 0 radical (unpaired) electrons. The Kier molecular flexibility index (Phi) is 8.29. The number of carbonyl (C=O) groups excluding carboxylic acids is 2. The lowest BCUT2D eigenvalue weighted by Gasteiger charge is -2.25. The normalized spacial score (nSPS) is 14.3. The van der Waals surface area contributed by atoms with Gasteiger partial charge in [0.1, 0.15) is 5.54 Å². The van der Waals surface area contributed by atoms with Gasteiger partial charge in [-0.25, -0.2) is 4.79 Å². The lowest BCUT2D eigenvalue weighted by molar-refractivity contribution is -0.131. The van der Waals surface area contributed by atoms with Crippen LogP contribution in [-0.4, -0.2) is 33.0 Å². The maximum Gasteiger partial charge on any atom is 0.328 e. The van der Waals surface area contributed by atoms with Crippen molar-refractivity contribution in [2.45, 2.75) is 57.4 Å². The third-order valence-electron chi connectivity index (χ3n) is 8.14. The van der Waals surface area contributed by atoms with Gasteiger partial charge in [0.2, 0.25) is 5.91 Å². The molecule has 3 aromatic carbocycles. The van der Waals surface area contributed by atoms with E-state index in [9.17, 15) is 14.4 Å². The van der Waals surface area contributed by atoms with E-state index in [0.29, 0.717) is 22.7 Å². The maximum absolute atomic E-state index is 13.5. The minimum atomic E-state index is -1.19. The quantitative estimate of drug-likeness (QED) is 0.198. The average Bonchev–Trinajstić information content (AvgIpc) is 3.28. The van der Waals surface area contributed by atoms with Gasteiger partial charge in [0.15, 0.2) is 0 Å². The smallest absolute Gasteiger partial charge is 0.328 e. The molecule has 1 saturated carbocycles. The molecule has 1 aliphatic carbocycles. The summed E-state index contributed by atoms with van der Waals surface area (Å²) in [6.45, 7) is 3.33. The number of fused-ring (bicyclic) bond motifs is 1. The summed E-state index contributed by atoms with van der Waals surface area (Å²) < 4.78 is 2.21. The van der Waals surface area contributed by atoms with Gasteiger partial charge in [0, 0.05) is 35.3 Å². The monoisotopic (exact) mass is 563 g/mol. The maximum atomic E-state index is 13.5. The number of benzene rings is 3. The minimum Gasteiger partial charge on any atom is -0.478 e. The molecule has 216 valence electrons. The summed E-state index contributed by atoms with van der Waals surface area (Å²) in [5.74, 6) is -1.23. The number of carbonyl (C=O) groups is 3. The topological polar surface area (TPSA) is 100 Å². The van der Waals surface area contributed by atoms with Gasteiger partial charge < -0.3 is 20.3 Å². The largest absolute Gasteiger partial charge is 0.478 e. The summed E-state index contributed by atoms with van der Waals surface area (Å²) in [6.07, 6.45) is 8.63. The zero-order chi connectivity index (χ0) is 29.9. The molecule has 1 aliphatic rings. The van der Waals surface area contributed by atoms with Crippen LogP contribution in [0.15, 0.2) is 78.9 Å². The van der Waals surface area contributed by atoms with Crippen molar-refractivity contribution in [1.82, 2.24) is 9.88 Å². The summed E-state index contributed by atoms with van der Waals surface area (Å²) in [4.78, 5) is 37.3. The van der Waals surface area contributed by atoms with Gasteiger partial charge in [-0.1, -0.05) is 67.8 Å². The SMILES string of the molecule is Cn1c(-c2ccccc2)c(C2CCCCC2)c2ccc(C(=O)NC(C)(C)C(=O)Nc3ccc(/C=C/C(=O)O)cc3)cc21. The fourth-order valence-corrected chi connectivity index (χ4v) is 5.90. The molecule has 5 rings (SSSR count). The van der Waals surface area contributed by atoms with Crippen LogP contribution >= 0.6 is 0 Å². The van der Waals surface area contributed by atoms with Crippen molar-refractivity contribution in [3.05, 3.63) is 95.6 Å². The number of rotatable bonds is 8. The second-order valence-electron chi connectivity index (χ2n) is 11.6. The Morgan fingerprint density at radius 1 is 0.929 bits per heavy atom. The average molecular weight is 564 g/mol. The van der Waals surface area contributed by atoms with E-state index >= 15 is 0 Å². The van der Waals surface area contributed by atoms with Crippen molar-refractivity contribution < 1.29 is 19.5 Å². The second kappa shape index (κ2) is 12.1. The molecule has 0 spiro atoms. The Hall–Kier alpha value is -4.65. The number of aliphatic carboxylic acids is 1. The Morgan fingerprint density at radius 2 is 1.62 bits per heavy atom. The molecule has 7 heteroatoms. The number of aromatic nitrogens is 1. The number of nitrogens with one attached hydrogen (secondary N) is 2. The summed E-state index contributed by atoms with van der Waals surface area (Å²) in [5, 5.41) is 15.7. The van der Waals surface area contributed by atoms with Gasteiger partial charge in [-0.3, -0.25) is 9.59 Å². The van der Waals surface area contributed by atoms with Gasteiger partial charge in [-0.15, -0.1) is 0 Å². The molecule has 0 bridgehead atoms. The summed E-state index contributed by atoms with van der Waals surface area (Å²) in [5.41, 5.74) is 5.30. The van der Waals surface area contributed by atoms with Crippen LogP contribution in [0, 0.1) is 0 Å². The van der Waals surface area contributed by atoms with Crippen molar-refractivity contribution in [2.24, 2.45) is 7.05 Å². The van der Waals surface area contributed by atoms with E-state index < -0.39 is 11.5 Å². The van der Waals surface area contributed by atoms with Crippen LogP contribution in [0.25, 0.3) is 28.2 Å². The first-order valence-electron chi connectivity index (χ1n) is 14.5. The van der Waals surface area contributed by atoms with E-state index in [1.165, 1.54) is 60.4 Å². The van der Waals surface area contributed by atoms with Crippen LogP contribution in [-0.2, 0) is 16.6 Å². The highest BCUT2D eigenvalue weighted by Crippen LogP contribution is 2.43. The third-order valence-corrected chi connectivity index (χ3v) is 8.14. The van der Waals surface area contributed by atoms with Gasteiger partial charge >= 0.3 is 5.97 Å². The van der Waals surface area contributed by atoms with Gasteiger partial charge in [0.05, 0.1) is 5.69 Å². The molecule has 4 aromatic rings. The predicted octanol–water partition coefficient (Wildman–Crippen LogP) is 7.14. The molecule has 0 atom stereocenters. The molecule has 1 aromatic heterocycles. The fourth-order valence-electron chi connectivity index (χ4n) is 5.90. The number of carboxylic acid groups (broad SMARTS) is 1. The molecule has 2 amide bonds. The molecule has 42 heavy (non-hydrogen) atoms. The van der Waals surface area contributed by atoms with Crippen molar-refractivity contribution in [3.63, 3.8) is 0 Å². The van der Waals surface area contributed by atoms with Crippen molar-refractivity contribution in [1.29, 1.82) is 0 Å². The van der Waals surface area contributed by atoms with E-state index in [-0.39, 0.29) is 11.8 Å². The van der Waals surface area contributed by atoms with Crippen LogP contribution in [0.3, 0.4) is 0 Å². The highest BCUT2D eigenvalue weighted by Gasteiger charge is 2.31.